The number of carbonyl (C=O) groups excluding carboxylic acids is 3. The third-order valence-corrected chi connectivity index (χ3v) is 2.89. The summed E-state index contributed by atoms with van der Waals surface area (Å²) in [5.74, 6) is -1.19. The number of amides is 2. The summed E-state index contributed by atoms with van der Waals surface area (Å²) in [6.45, 7) is 3.14. The van der Waals surface area contributed by atoms with Crippen LogP contribution in [0.5, 0.6) is 0 Å². The zero-order valence-electron chi connectivity index (χ0n) is 13.3. The van der Waals surface area contributed by atoms with Crippen molar-refractivity contribution in [1.29, 1.82) is 0 Å². The van der Waals surface area contributed by atoms with E-state index in [4.69, 9.17) is 4.74 Å². The van der Waals surface area contributed by atoms with Crippen LogP contribution in [0.3, 0.4) is 0 Å². The van der Waals surface area contributed by atoms with Crippen molar-refractivity contribution < 1.29 is 23.9 Å². The summed E-state index contributed by atoms with van der Waals surface area (Å²) >= 11 is 0. The first-order chi connectivity index (χ1) is 11.0. The average Bonchev–Trinajstić information content (AvgIpc) is 2.57. The van der Waals surface area contributed by atoms with E-state index in [-0.39, 0.29) is 12.3 Å². The van der Waals surface area contributed by atoms with E-state index >= 15 is 0 Å². The molecule has 0 saturated carbocycles. The lowest BCUT2D eigenvalue weighted by Gasteiger charge is -2.14. The number of esters is 1. The van der Waals surface area contributed by atoms with Crippen LogP contribution in [0.15, 0.2) is 42.1 Å². The van der Waals surface area contributed by atoms with E-state index < -0.39 is 24.0 Å². The third-order valence-electron chi connectivity index (χ3n) is 2.89. The standard InChI is InChI=1S/C16H20N2O5/c1-4-13(14(19)17-11(2)15(20)22-3)18-16(21)23-10-12-8-6-5-7-9-12/h4-9,11H,10H2,1-3H3,(H,17,19)(H,18,21)/b13-4-/t11-/m0/s1. The van der Waals surface area contributed by atoms with Crippen molar-refractivity contribution in [3.05, 3.63) is 47.7 Å². The summed E-state index contributed by atoms with van der Waals surface area (Å²) in [6, 6.07) is 8.31. The van der Waals surface area contributed by atoms with Gasteiger partial charge < -0.3 is 14.8 Å². The van der Waals surface area contributed by atoms with Crippen molar-refractivity contribution >= 4 is 18.0 Å². The monoisotopic (exact) mass is 320 g/mol. The molecule has 7 heteroatoms. The second-order valence-electron chi connectivity index (χ2n) is 4.61. The largest absolute Gasteiger partial charge is 0.467 e. The number of carbonyl (C=O) groups is 3. The van der Waals surface area contributed by atoms with Crippen LogP contribution in [0, 0.1) is 0 Å². The minimum atomic E-state index is -0.829. The minimum Gasteiger partial charge on any atom is -0.467 e. The summed E-state index contributed by atoms with van der Waals surface area (Å²) in [6.07, 6.45) is 0.645. The van der Waals surface area contributed by atoms with Crippen molar-refractivity contribution in [2.24, 2.45) is 0 Å². The zero-order valence-corrected chi connectivity index (χ0v) is 13.3. The molecule has 0 aliphatic heterocycles. The lowest BCUT2D eigenvalue weighted by atomic mass is 10.2. The second-order valence-corrected chi connectivity index (χ2v) is 4.61. The zero-order chi connectivity index (χ0) is 17.2. The van der Waals surface area contributed by atoms with E-state index in [1.165, 1.54) is 20.1 Å². The van der Waals surface area contributed by atoms with Crippen LogP contribution in [0.4, 0.5) is 4.79 Å². The SMILES string of the molecule is C/C=C(\NC(=O)OCc1ccccc1)C(=O)N[C@@H](C)C(=O)OC. The summed E-state index contributed by atoms with van der Waals surface area (Å²) in [5.41, 5.74) is 0.812. The predicted octanol–water partition coefficient (Wildman–Crippen LogP) is 1.49. The average molecular weight is 320 g/mol. The first kappa shape index (κ1) is 18.2. The van der Waals surface area contributed by atoms with Gasteiger partial charge in [0, 0.05) is 0 Å². The van der Waals surface area contributed by atoms with Gasteiger partial charge in [-0.05, 0) is 19.4 Å². The van der Waals surface area contributed by atoms with Crippen molar-refractivity contribution in [1.82, 2.24) is 10.6 Å². The van der Waals surface area contributed by atoms with Gasteiger partial charge >= 0.3 is 12.1 Å². The fraction of sp³-hybridized carbons (Fsp3) is 0.312. The summed E-state index contributed by atoms with van der Waals surface area (Å²) in [4.78, 5) is 34.9. The van der Waals surface area contributed by atoms with Gasteiger partial charge in [-0.2, -0.15) is 0 Å². The number of allylic oxidation sites excluding steroid dienone is 1. The Kier molecular flexibility index (Phi) is 7.32. The Labute approximate surface area is 134 Å². The number of alkyl carbamates (subject to hydrolysis) is 1. The van der Waals surface area contributed by atoms with Crippen molar-refractivity contribution in [3.63, 3.8) is 0 Å². The molecule has 0 aliphatic rings. The molecule has 0 spiro atoms. The molecule has 1 aromatic carbocycles. The van der Waals surface area contributed by atoms with E-state index in [0.29, 0.717) is 0 Å². The molecule has 0 unspecified atom stereocenters. The molecule has 0 saturated heterocycles. The summed E-state index contributed by atoms with van der Waals surface area (Å²) < 4.78 is 9.53. The predicted molar refractivity (Wildman–Crippen MR) is 83.1 cm³/mol. The Balaban J connectivity index is 2.50. The van der Waals surface area contributed by atoms with E-state index in [1.54, 1.807) is 6.92 Å². The number of benzene rings is 1. The lowest BCUT2D eigenvalue weighted by molar-refractivity contribution is -0.144. The van der Waals surface area contributed by atoms with Crippen molar-refractivity contribution in [2.45, 2.75) is 26.5 Å². The van der Waals surface area contributed by atoms with Gasteiger partial charge in [0.2, 0.25) is 0 Å². The lowest BCUT2D eigenvalue weighted by Crippen LogP contribution is -2.43. The van der Waals surface area contributed by atoms with Crippen molar-refractivity contribution in [3.8, 4) is 0 Å². The molecule has 2 N–H and O–H groups in total. The summed E-state index contributed by atoms with van der Waals surface area (Å²) in [5, 5.41) is 4.74. The van der Waals surface area contributed by atoms with E-state index in [9.17, 15) is 14.4 Å². The molecule has 1 atom stereocenters. The van der Waals surface area contributed by atoms with Crippen LogP contribution < -0.4 is 10.6 Å². The van der Waals surface area contributed by atoms with Crippen LogP contribution in [0.25, 0.3) is 0 Å². The van der Waals surface area contributed by atoms with Crippen LogP contribution in [0.2, 0.25) is 0 Å². The minimum absolute atomic E-state index is 0.0150. The highest BCUT2D eigenvalue weighted by Crippen LogP contribution is 2.01. The van der Waals surface area contributed by atoms with Gasteiger partial charge in [-0.3, -0.25) is 10.1 Å². The molecule has 0 heterocycles. The number of hydrogen-bond donors (Lipinski definition) is 2. The van der Waals surface area contributed by atoms with Crippen LogP contribution in [-0.2, 0) is 25.7 Å². The maximum Gasteiger partial charge on any atom is 0.412 e. The van der Waals surface area contributed by atoms with E-state index in [2.05, 4.69) is 15.4 Å². The van der Waals surface area contributed by atoms with Gasteiger partial charge in [0.25, 0.3) is 5.91 Å². The van der Waals surface area contributed by atoms with Crippen LogP contribution in [-0.4, -0.2) is 31.1 Å². The Morgan fingerprint density at radius 3 is 2.43 bits per heavy atom. The van der Waals surface area contributed by atoms with Crippen LogP contribution >= 0.6 is 0 Å². The number of methoxy groups -OCH3 is 1. The number of hydrogen-bond acceptors (Lipinski definition) is 5. The molecule has 1 rings (SSSR count). The van der Waals surface area contributed by atoms with Gasteiger partial charge in [0.15, 0.2) is 0 Å². The fourth-order valence-corrected chi connectivity index (χ4v) is 1.64. The fourth-order valence-electron chi connectivity index (χ4n) is 1.64. The quantitative estimate of drug-likeness (QED) is 0.612. The normalized spacial score (nSPS) is 12.0. The first-order valence-electron chi connectivity index (χ1n) is 7.00. The molecule has 0 bridgehead atoms. The topological polar surface area (TPSA) is 93.7 Å². The highest BCUT2D eigenvalue weighted by molar-refractivity contribution is 5.98. The molecule has 0 aromatic heterocycles. The molecule has 0 fully saturated rings. The van der Waals surface area contributed by atoms with Crippen molar-refractivity contribution in [2.75, 3.05) is 7.11 Å². The molecule has 7 nitrogen and oxygen atoms in total. The molecule has 1 aromatic rings. The second kappa shape index (κ2) is 9.24. The highest BCUT2D eigenvalue weighted by Gasteiger charge is 2.19. The highest BCUT2D eigenvalue weighted by atomic mass is 16.5. The molecular formula is C16H20N2O5. The Bertz CT molecular complexity index is 583. The molecule has 23 heavy (non-hydrogen) atoms. The van der Waals surface area contributed by atoms with Gasteiger partial charge in [0.1, 0.15) is 18.3 Å². The third kappa shape index (κ3) is 6.21. The Morgan fingerprint density at radius 1 is 1.22 bits per heavy atom. The maximum absolute atomic E-state index is 12.0. The smallest absolute Gasteiger partial charge is 0.412 e. The first-order valence-corrected chi connectivity index (χ1v) is 7.00. The summed E-state index contributed by atoms with van der Waals surface area (Å²) in [7, 11) is 1.22. The van der Waals surface area contributed by atoms with Gasteiger partial charge in [-0.1, -0.05) is 36.4 Å². The molecular weight excluding hydrogens is 300 g/mol. The number of nitrogens with one attached hydrogen (secondary N) is 2. The van der Waals surface area contributed by atoms with Gasteiger partial charge in [-0.15, -0.1) is 0 Å². The van der Waals surface area contributed by atoms with Crippen LogP contribution in [0.1, 0.15) is 19.4 Å². The van der Waals surface area contributed by atoms with Gasteiger partial charge in [-0.25, -0.2) is 9.59 Å². The van der Waals surface area contributed by atoms with E-state index in [0.717, 1.165) is 5.56 Å². The number of ether oxygens (including phenoxy) is 2. The van der Waals surface area contributed by atoms with Gasteiger partial charge in [0.05, 0.1) is 7.11 Å². The molecule has 124 valence electrons. The molecule has 0 aliphatic carbocycles. The maximum atomic E-state index is 12.0. The number of rotatable bonds is 6. The molecule has 2 amide bonds. The van der Waals surface area contributed by atoms with E-state index in [1.807, 2.05) is 30.3 Å². The molecule has 0 radical (unpaired) electrons. The Morgan fingerprint density at radius 2 is 1.87 bits per heavy atom. The Hall–Kier alpha value is -2.83.